The molecule has 1 aromatic heterocycles. The molecule has 1 unspecified atom stereocenters. The zero-order chi connectivity index (χ0) is 31.4. The summed E-state index contributed by atoms with van der Waals surface area (Å²) in [5.74, 6) is 0.893. The Labute approximate surface area is 260 Å². The second-order valence-corrected chi connectivity index (χ2v) is 17.1. The van der Waals surface area contributed by atoms with E-state index in [1.807, 2.05) is 52.5 Å². The van der Waals surface area contributed by atoms with Crippen LogP contribution in [0.1, 0.15) is 113 Å². The van der Waals surface area contributed by atoms with Gasteiger partial charge in [0.25, 0.3) is 0 Å². The van der Waals surface area contributed by atoms with Crippen molar-refractivity contribution in [2.24, 2.45) is 11.7 Å². The zero-order valence-electron chi connectivity index (χ0n) is 27.1. The van der Waals surface area contributed by atoms with Gasteiger partial charge in [0.05, 0.1) is 5.54 Å². The number of rotatable bonds is 5. The molecule has 4 heterocycles. The first kappa shape index (κ1) is 30.7. The minimum Gasteiger partial charge on any atom is -0.444 e. The maximum atomic E-state index is 14.0. The van der Waals surface area contributed by atoms with Gasteiger partial charge in [-0.25, -0.2) is 9.59 Å². The summed E-state index contributed by atoms with van der Waals surface area (Å²) in [5, 5.41) is 12.4. The summed E-state index contributed by atoms with van der Waals surface area (Å²) >= 11 is 6.02. The van der Waals surface area contributed by atoms with Gasteiger partial charge in [0.1, 0.15) is 17.0 Å². The number of nitrogens with one attached hydrogen (secondary N) is 1. The van der Waals surface area contributed by atoms with Crippen LogP contribution in [0.5, 0.6) is 0 Å². The van der Waals surface area contributed by atoms with E-state index in [2.05, 4.69) is 34.3 Å². The highest BCUT2D eigenvalue weighted by atomic mass is 35.5. The second kappa shape index (κ2) is 9.35. The molecule has 43 heavy (non-hydrogen) atoms. The van der Waals surface area contributed by atoms with Gasteiger partial charge in [0, 0.05) is 34.1 Å². The fraction of sp³-hybridized carbons (Fsp3) is 0.812. The molecule has 0 radical (unpaired) electrons. The molecule has 3 saturated heterocycles. The number of anilines is 1. The summed E-state index contributed by atoms with van der Waals surface area (Å²) in [5.41, 5.74) is 3.75. The van der Waals surface area contributed by atoms with Crippen LogP contribution in [-0.4, -0.2) is 77.1 Å². The summed E-state index contributed by atoms with van der Waals surface area (Å²) in [4.78, 5) is 31.9. The smallest absolute Gasteiger partial charge is 0.411 e. The number of piperidine rings is 3. The van der Waals surface area contributed by atoms with E-state index in [9.17, 15) is 9.59 Å². The molecule has 2 saturated carbocycles. The summed E-state index contributed by atoms with van der Waals surface area (Å²) in [6, 6.07) is 3.62. The average molecular weight is 617 g/mol. The van der Waals surface area contributed by atoms with Gasteiger partial charge in [-0.15, -0.1) is 10.2 Å². The first-order chi connectivity index (χ1) is 19.7. The van der Waals surface area contributed by atoms with Gasteiger partial charge in [-0.2, -0.15) is 0 Å². The zero-order valence-corrected chi connectivity index (χ0v) is 27.8. The van der Waals surface area contributed by atoms with Crippen molar-refractivity contribution in [3.05, 3.63) is 17.3 Å². The Morgan fingerprint density at radius 1 is 0.930 bits per heavy atom. The molecule has 0 aromatic carbocycles. The topological polar surface area (TPSA) is 123 Å². The van der Waals surface area contributed by atoms with Gasteiger partial charge in [-0.3, -0.25) is 9.80 Å². The number of hydrogen-bond donors (Lipinski definition) is 2. The third kappa shape index (κ3) is 4.86. The lowest BCUT2D eigenvalue weighted by Crippen LogP contribution is -2.78. The van der Waals surface area contributed by atoms with E-state index in [4.69, 9.17) is 26.8 Å². The molecule has 7 atom stereocenters. The summed E-state index contributed by atoms with van der Waals surface area (Å²) < 4.78 is 12.0. The van der Waals surface area contributed by atoms with Crippen LogP contribution >= 0.6 is 11.6 Å². The minimum atomic E-state index is -0.607. The fourth-order valence-corrected chi connectivity index (χ4v) is 10.2. The van der Waals surface area contributed by atoms with Gasteiger partial charge >= 0.3 is 12.2 Å². The summed E-state index contributed by atoms with van der Waals surface area (Å²) in [6.07, 6.45) is 6.71. The van der Waals surface area contributed by atoms with Crippen LogP contribution in [0.2, 0.25) is 5.15 Å². The number of fused-ring (bicyclic) bond motifs is 3. The van der Waals surface area contributed by atoms with Crippen molar-refractivity contribution in [1.82, 2.24) is 20.0 Å². The predicted octanol–water partition coefficient (Wildman–Crippen LogP) is 6.27. The molecule has 1 aromatic rings. The lowest BCUT2D eigenvalue weighted by Gasteiger charge is -2.68. The standard InChI is InChI=1S/C32H49ClN6O4/c1-26(2,3)42-24(40)38-28(7)11-12-30(38,16-20(34)15-28)13-14-32-19-31(35-23-10-9-22(33)36-37-23)18-29(8,17-21(31)32)39(32)25(41)43-27(4,5)6/h9-10,20-21H,11-19,34H2,1-8H3,(H,35,37)/t20-,21?,28-,29+,30-,31-,32+/m0/s1. The average Bonchev–Trinajstić information content (AvgIpc) is 3.28. The van der Waals surface area contributed by atoms with Crippen LogP contribution in [0.15, 0.2) is 12.1 Å². The molecule has 10 nitrogen and oxygen atoms in total. The highest BCUT2D eigenvalue weighted by Crippen LogP contribution is 2.73. The largest absolute Gasteiger partial charge is 0.444 e. The number of carbonyl (C=O) groups excluding carboxylic acids is 2. The fourth-order valence-electron chi connectivity index (χ4n) is 10.1. The molecular formula is C32H49ClN6O4. The number of likely N-dealkylation sites (tertiary alicyclic amines) is 1. The number of nitrogens with zero attached hydrogens (tertiary/aromatic N) is 4. The van der Waals surface area contributed by atoms with E-state index >= 15 is 0 Å². The molecule has 6 rings (SSSR count). The Morgan fingerprint density at radius 2 is 1.58 bits per heavy atom. The molecule has 5 fully saturated rings. The lowest BCUT2D eigenvalue weighted by atomic mass is 9.51. The van der Waals surface area contributed by atoms with E-state index < -0.39 is 22.3 Å². The van der Waals surface area contributed by atoms with Gasteiger partial charge in [-0.1, -0.05) is 11.6 Å². The normalized spacial score (nSPS) is 39.5. The van der Waals surface area contributed by atoms with E-state index in [-0.39, 0.29) is 40.8 Å². The lowest BCUT2D eigenvalue weighted by molar-refractivity contribution is -0.128. The quantitative estimate of drug-likeness (QED) is 0.397. The van der Waals surface area contributed by atoms with Gasteiger partial charge in [0.2, 0.25) is 0 Å². The van der Waals surface area contributed by atoms with Gasteiger partial charge < -0.3 is 20.5 Å². The first-order valence-electron chi connectivity index (χ1n) is 15.8. The van der Waals surface area contributed by atoms with Crippen molar-refractivity contribution in [2.45, 2.75) is 158 Å². The molecule has 11 heteroatoms. The molecule has 4 bridgehead atoms. The molecule has 0 spiro atoms. The number of amides is 2. The first-order valence-corrected chi connectivity index (χ1v) is 16.2. The summed E-state index contributed by atoms with van der Waals surface area (Å²) in [7, 11) is 0. The highest BCUT2D eigenvalue weighted by molar-refractivity contribution is 6.29. The Kier molecular flexibility index (Phi) is 6.67. The number of hydrogen-bond acceptors (Lipinski definition) is 8. The van der Waals surface area contributed by atoms with Crippen LogP contribution in [0.3, 0.4) is 0 Å². The van der Waals surface area contributed by atoms with Crippen molar-refractivity contribution in [2.75, 3.05) is 5.32 Å². The monoisotopic (exact) mass is 616 g/mol. The van der Waals surface area contributed by atoms with E-state index in [1.165, 1.54) is 0 Å². The van der Waals surface area contributed by atoms with Crippen LogP contribution in [0.4, 0.5) is 15.4 Å². The molecular weight excluding hydrogens is 568 g/mol. The number of carbonyl (C=O) groups is 2. The van der Waals surface area contributed by atoms with Crippen molar-refractivity contribution in [3.8, 4) is 0 Å². The highest BCUT2D eigenvalue weighted by Gasteiger charge is 2.81. The number of aromatic nitrogens is 2. The molecule has 5 aliphatic rings. The van der Waals surface area contributed by atoms with Crippen molar-refractivity contribution < 1.29 is 19.1 Å². The Hall–Kier alpha value is -2.33. The van der Waals surface area contributed by atoms with E-state index in [0.717, 1.165) is 57.8 Å². The molecule has 2 amide bonds. The minimum absolute atomic E-state index is 0.00817. The van der Waals surface area contributed by atoms with E-state index in [0.29, 0.717) is 11.0 Å². The number of ether oxygens (including phenoxy) is 2. The third-order valence-corrected chi connectivity index (χ3v) is 11.1. The molecule has 3 N–H and O–H groups in total. The summed E-state index contributed by atoms with van der Waals surface area (Å²) in [6.45, 7) is 15.8. The van der Waals surface area contributed by atoms with Crippen LogP contribution < -0.4 is 11.1 Å². The van der Waals surface area contributed by atoms with Crippen LogP contribution in [0, 0.1) is 5.92 Å². The molecule has 2 aliphatic carbocycles. The van der Waals surface area contributed by atoms with Crippen molar-refractivity contribution >= 4 is 29.6 Å². The van der Waals surface area contributed by atoms with Gasteiger partial charge in [0.15, 0.2) is 5.15 Å². The van der Waals surface area contributed by atoms with Crippen LogP contribution in [0.25, 0.3) is 0 Å². The molecule has 3 aliphatic heterocycles. The Morgan fingerprint density at radius 3 is 2.19 bits per heavy atom. The number of nitrogens with two attached hydrogens (primary N) is 1. The van der Waals surface area contributed by atoms with Gasteiger partial charge in [-0.05, 0) is 125 Å². The van der Waals surface area contributed by atoms with Crippen molar-refractivity contribution in [3.63, 3.8) is 0 Å². The Balaban J connectivity index is 1.33. The second-order valence-electron chi connectivity index (χ2n) is 16.8. The third-order valence-electron chi connectivity index (χ3n) is 10.9. The number of halogens is 1. The maximum Gasteiger partial charge on any atom is 0.411 e. The van der Waals surface area contributed by atoms with Crippen LogP contribution in [-0.2, 0) is 9.47 Å². The SMILES string of the molecule is CC(C)(C)OC(=O)N1[C@@]2(C)CC[C@]1(CC[C@@]13C[C@@]4(Nc5ccc(Cl)nn5)C[C@@](C)(CC41)N3C(=O)OC(C)(C)C)C[C@@H](N)C2. The Bertz CT molecular complexity index is 1310. The van der Waals surface area contributed by atoms with E-state index in [1.54, 1.807) is 6.07 Å². The van der Waals surface area contributed by atoms with Crippen molar-refractivity contribution in [1.29, 1.82) is 0 Å². The predicted molar refractivity (Wildman–Crippen MR) is 165 cm³/mol. The molecule has 238 valence electrons. The maximum absolute atomic E-state index is 14.0.